The van der Waals surface area contributed by atoms with Crippen LogP contribution in [0.2, 0.25) is 0 Å². The van der Waals surface area contributed by atoms with E-state index >= 15 is 0 Å². The number of rotatable bonds is 0. The number of benzene rings is 1. The van der Waals surface area contributed by atoms with E-state index in [0.29, 0.717) is 11.0 Å². The average molecular weight is 218 g/mol. The number of para-hydroxylation sites is 2. The Morgan fingerprint density at radius 1 is 1.47 bits per heavy atom. The summed E-state index contributed by atoms with van der Waals surface area (Å²) < 4.78 is 1.76. The zero-order valence-electron chi connectivity index (χ0n) is 8.30. The third-order valence-corrected chi connectivity index (χ3v) is 3.78. The molecule has 0 N–H and O–H groups in total. The summed E-state index contributed by atoms with van der Waals surface area (Å²) >= 11 is 1.65. The van der Waals surface area contributed by atoms with Gasteiger partial charge < -0.3 is 0 Å². The van der Waals surface area contributed by atoms with Crippen LogP contribution in [0.5, 0.6) is 0 Å². The lowest BCUT2D eigenvalue weighted by Gasteiger charge is -2.18. The molecule has 1 aliphatic rings. The molecule has 1 aromatic carbocycles. The van der Waals surface area contributed by atoms with Crippen LogP contribution in [0.1, 0.15) is 22.8 Å². The molecule has 76 valence electrons. The van der Waals surface area contributed by atoms with Gasteiger partial charge in [-0.25, -0.2) is 4.98 Å². The van der Waals surface area contributed by atoms with E-state index < -0.39 is 0 Å². The van der Waals surface area contributed by atoms with Crippen LogP contribution in [-0.4, -0.2) is 21.2 Å². The maximum absolute atomic E-state index is 11.8. The normalized spacial score (nSPS) is 20.6. The Hall–Kier alpha value is -1.29. The third kappa shape index (κ3) is 1.21. The van der Waals surface area contributed by atoms with Gasteiger partial charge in [-0.3, -0.25) is 9.36 Å². The smallest absolute Gasteiger partial charge is 0.242 e. The lowest BCUT2D eigenvalue weighted by molar-refractivity contribution is 0.0940. The fourth-order valence-electron chi connectivity index (χ4n) is 1.91. The molecule has 0 saturated heterocycles. The van der Waals surface area contributed by atoms with Crippen LogP contribution in [0.3, 0.4) is 0 Å². The largest absolute Gasteiger partial charge is 0.273 e. The Morgan fingerprint density at radius 3 is 3.13 bits per heavy atom. The molecule has 3 rings (SSSR count). The Bertz CT molecular complexity index is 547. The minimum atomic E-state index is 0.141. The monoisotopic (exact) mass is 218 g/mol. The van der Waals surface area contributed by atoms with Crippen LogP contribution in [-0.2, 0) is 0 Å². The number of fused-ring (bicyclic) bond motifs is 3. The van der Waals surface area contributed by atoms with Crippen LogP contribution in [0.25, 0.3) is 11.0 Å². The number of carbonyl (C=O) groups excluding carboxylic acids is 1. The summed E-state index contributed by atoms with van der Waals surface area (Å²) in [6.45, 7) is 2.09. The summed E-state index contributed by atoms with van der Waals surface area (Å²) in [6.07, 6.45) is 0. The van der Waals surface area contributed by atoms with Gasteiger partial charge in [0.15, 0.2) is 0 Å². The first kappa shape index (κ1) is 8.97. The first-order valence-electron chi connectivity index (χ1n) is 4.89. The van der Waals surface area contributed by atoms with E-state index in [1.807, 2.05) is 24.3 Å². The van der Waals surface area contributed by atoms with E-state index in [0.717, 1.165) is 16.9 Å². The Balaban J connectivity index is 2.39. The van der Waals surface area contributed by atoms with Crippen molar-refractivity contribution < 1.29 is 4.79 Å². The molecule has 3 nitrogen and oxygen atoms in total. The standard InChI is InChI=1S/C11H10N2OS/c1-7-11-12-8-4-2-3-5-9(8)13(11)10(14)6-15-7/h2-5,7H,6H2,1H3. The van der Waals surface area contributed by atoms with Crippen molar-refractivity contribution >= 4 is 28.7 Å². The summed E-state index contributed by atoms with van der Waals surface area (Å²) in [5.41, 5.74) is 1.85. The molecule has 0 bridgehead atoms. The van der Waals surface area contributed by atoms with Gasteiger partial charge in [0.2, 0.25) is 5.91 Å². The zero-order chi connectivity index (χ0) is 10.4. The van der Waals surface area contributed by atoms with Crippen molar-refractivity contribution in [3.05, 3.63) is 30.1 Å². The van der Waals surface area contributed by atoms with Gasteiger partial charge in [-0.05, 0) is 19.1 Å². The van der Waals surface area contributed by atoms with Gasteiger partial charge in [0, 0.05) is 0 Å². The molecule has 2 heterocycles. The first-order chi connectivity index (χ1) is 7.27. The predicted molar refractivity (Wildman–Crippen MR) is 61.2 cm³/mol. The minimum absolute atomic E-state index is 0.141. The highest BCUT2D eigenvalue weighted by atomic mass is 32.2. The highest BCUT2D eigenvalue weighted by molar-refractivity contribution is 8.00. The van der Waals surface area contributed by atoms with E-state index in [9.17, 15) is 4.79 Å². The van der Waals surface area contributed by atoms with E-state index in [4.69, 9.17) is 0 Å². The first-order valence-corrected chi connectivity index (χ1v) is 5.94. The quantitative estimate of drug-likeness (QED) is 0.681. The molecule has 15 heavy (non-hydrogen) atoms. The maximum Gasteiger partial charge on any atom is 0.242 e. The molecule has 0 radical (unpaired) electrons. The Kier molecular flexibility index (Phi) is 1.85. The maximum atomic E-state index is 11.8. The summed E-state index contributed by atoms with van der Waals surface area (Å²) in [4.78, 5) is 16.3. The molecule has 0 aliphatic carbocycles. The van der Waals surface area contributed by atoms with E-state index in [1.165, 1.54) is 0 Å². The summed E-state index contributed by atoms with van der Waals surface area (Å²) in [5.74, 6) is 1.58. The number of carbonyl (C=O) groups is 1. The lowest BCUT2D eigenvalue weighted by atomic mass is 10.3. The highest BCUT2D eigenvalue weighted by Gasteiger charge is 2.26. The zero-order valence-corrected chi connectivity index (χ0v) is 9.12. The minimum Gasteiger partial charge on any atom is -0.273 e. The van der Waals surface area contributed by atoms with Crippen LogP contribution < -0.4 is 0 Å². The molecule has 4 heteroatoms. The Labute approximate surface area is 91.5 Å². The molecule has 1 unspecified atom stereocenters. The summed E-state index contributed by atoms with van der Waals surface area (Å²) in [7, 11) is 0. The summed E-state index contributed by atoms with van der Waals surface area (Å²) in [5, 5.41) is 0.301. The van der Waals surface area contributed by atoms with Crippen molar-refractivity contribution in [1.82, 2.24) is 9.55 Å². The van der Waals surface area contributed by atoms with Gasteiger partial charge in [0.05, 0.1) is 22.0 Å². The molecule has 2 aromatic rings. The molecule has 1 aromatic heterocycles. The number of imidazole rings is 1. The lowest BCUT2D eigenvalue weighted by Crippen LogP contribution is -2.22. The predicted octanol–water partition coefficient (Wildman–Crippen LogP) is 2.48. The number of thioether (sulfide) groups is 1. The molecular formula is C11H10N2OS. The average Bonchev–Trinajstić information content (AvgIpc) is 2.64. The summed E-state index contributed by atoms with van der Waals surface area (Å²) in [6, 6.07) is 7.79. The van der Waals surface area contributed by atoms with Crippen molar-refractivity contribution in [2.75, 3.05) is 5.75 Å². The fraction of sp³-hybridized carbons (Fsp3) is 0.273. The van der Waals surface area contributed by atoms with Crippen molar-refractivity contribution in [2.45, 2.75) is 12.2 Å². The van der Waals surface area contributed by atoms with Crippen molar-refractivity contribution in [1.29, 1.82) is 0 Å². The van der Waals surface area contributed by atoms with Gasteiger partial charge in [0.1, 0.15) is 5.82 Å². The van der Waals surface area contributed by atoms with Crippen molar-refractivity contribution in [3.8, 4) is 0 Å². The van der Waals surface area contributed by atoms with Gasteiger partial charge in [-0.1, -0.05) is 12.1 Å². The van der Waals surface area contributed by atoms with Crippen molar-refractivity contribution in [3.63, 3.8) is 0 Å². The molecule has 0 fully saturated rings. The van der Waals surface area contributed by atoms with Gasteiger partial charge in [-0.2, -0.15) is 0 Å². The number of nitrogens with zero attached hydrogens (tertiary/aromatic N) is 2. The SMILES string of the molecule is CC1SCC(=O)n2c1nc1ccccc12. The topological polar surface area (TPSA) is 34.9 Å². The van der Waals surface area contributed by atoms with Crippen molar-refractivity contribution in [2.24, 2.45) is 0 Å². The molecule has 1 atom stereocenters. The second-order valence-electron chi connectivity index (χ2n) is 3.64. The molecule has 0 amide bonds. The number of aromatic nitrogens is 2. The van der Waals surface area contributed by atoms with Gasteiger partial charge >= 0.3 is 0 Å². The third-order valence-electron chi connectivity index (χ3n) is 2.66. The number of hydrogen-bond donors (Lipinski definition) is 0. The number of hydrogen-bond acceptors (Lipinski definition) is 3. The highest BCUT2D eigenvalue weighted by Crippen LogP contribution is 2.34. The molecular weight excluding hydrogens is 208 g/mol. The van der Waals surface area contributed by atoms with Crippen LogP contribution in [0.4, 0.5) is 0 Å². The van der Waals surface area contributed by atoms with E-state index in [1.54, 1.807) is 16.3 Å². The van der Waals surface area contributed by atoms with Crippen LogP contribution in [0.15, 0.2) is 24.3 Å². The fourth-order valence-corrected chi connectivity index (χ4v) is 2.74. The van der Waals surface area contributed by atoms with Gasteiger partial charge in [0.25, 0.3) is 0 Å². The van der Waals surface area contributed by atoms with Crippen LogP contribution in [0, 0.1) is 0 Å². The molecule has 0 spiro atoms. The second kappa shape index (κ2) is 3.10. The Morgan fingerprint density at radius 2 is 2.27 bits per heavy atom. The molecule has 1 aliphatic heterocycles. The van der Waals surface area contributed by atoms with E-state index in [2.05, 4.69) is 11.9 Å². The molecule has 0 saturated carbocycles. The second-order valence-corrected chi connectivity index (χ2v) is 4.97. The van der Waals surface area contributed by atoms with E-state index in [-0.39, 0.29) is 5.91 Å². The van der Waals surface area contributed by atoms with Gasteiger partial charge in [-0.15, -0.1) is 11.8 Å². The van der Waals surface area contributed by atoms with Crippen LogP contribution >= 0.6 is 11.8 Å².